The maximum Gasteiger partial charge on any atom is 0.454 e. The van der Waals surface area contributed by atoms with E-state index in [1.165, 1.54) is 7.11 Å². The monoisotopic (exact) mass is 367 g/mol. The highest BCUT2D eigenvalue weighted by atomic mass is 19.4. The van der Waals surface area contributed by atoms with Crippen molar-refractivity contribution in [2.24, 2.45) is 5.41 Å². The van der Waals surface area contributed by atoms with Crippen LogP contribution in [0.15, 0.2) is 41.6 Å². The van der Waals surface area contributed by atoms with E-state index in [2.05, 4.69) is 5.32 Å². The number of alkyl halides is 3. The van der Waals surface area contributed by atoms with E-state index in [4.69, 9.17) is 4.74 Å². The van der Waals surface area contributed by atoms with Crippen LogP contribution in [0.1, 0.15) is 31.2 Å². The number of allylic oxidation sites excluding steroid dienone is 2. The molecule has 0 radical (unpaired) electrons. The standard InChI is InChI=1S/C19H20F3NO3/c1-26-17(25)13(10-12-6-3-2-4-7-12)23-14-11-18(8-5-9-18)15(14)16(24)19(20,21)22/h2-4,6-7,13,23H,5,8-11H2,1H3. The Hall–Kier alpha value is -2.31. The largest absolute Gasteiger partial charge is 0.467 e. The second kappa shape index (κ2) is 6.78. The number of benzene rings is 1. The third-order valence-corrected chi connectivity index (χ3v) is 5.26. The maximum atomic E-state index is 13.0. The molecule has 1 aromatic carbocycles. The van der Waals surface area contributed by atoms with E-state index >= 15 is 0 Å². The van der Waals surface area contributed by atoms with Crippen molar-refractivity contribution in [2.75, 3.05) is 7.11 Å². The van der Waals surface area contributed by atoms with Gasteiger partial charge in [0.05, 0.1) is 7.11 Å². The molecule has 3 rings (SSSR count). The lowest BCUT2D eigenvalue weighted by molar-refractivity contribution is -0.169. The molecule has 0 aliphatic heterocycles. The van der Waals surface area contributed by atoms with E-state index in [0.29, 0.717) is 19.3 Å². The summed E-state index contributed by atoms with van der Waals surface area (Å²) in [6.07, 6.45) is -2.31. The summed E-state index contributed by atoms with van der Waals surface area (Å²) in [6.45, 7) is 0. The quantitative estimate of drug-likeness (QED) is 0.784. The van der Waals surface area contributed by atoms with Gasteiger partial charge in [-0.1, -0.05) is 36.8 Å². The fraction of sp³-hybridized carbons (Fsp3) is 0.474. The molecule has 1 saturated carbocycles. The van der Waals surface area contributed by atoms with E-state index in [1.54, 1.807) is 0 Å². The minimum Gasteiger partial charge on any atom is -0.467 e. The molecule has 140 valence electrons. The van der Waals surface area contributed by atoms with Crippen molar-refractivity contribution in [2.45, 2.75) is 44.3 Å². The van der Waals surface area contributed by atoms with Gasteiger partial charge in [-0.2, -0.15) is 13.2 Å². The van der Waals surface area contributed by atoms with Gasteiger partial charge in [-0.05, 0) is 24.8 Å². The number of rotatable bonds is 6. The van der Waals surface area contributed by atoms with Crippen molar-refractivity contribution >= 4 is 11.8 Å². The highest BCUT2D eigenvalue weighted by Crippen LogP contribution is 2.60. The maximum absolute atomic E-state index is 13.0. The van der Waals surface area contributed by atoms with Crippen LogP contribution >= 0.6 is 0 Å². The first kappa shape index (κ1) is 18.5. The molecule has 2 aliphatic rings. The first-order valence-corrected chi connectivity index (χ1v) is 8.50. The molecule has 0 bridgehead atoms. The average Bonchev–Trinajstić information content (AvgIpc) is 2.54. The predicted octanol–water partition coefficient (Wildman–Crippen LogP) is 3.32. The molecule has 1 spiro atoms. The number of esters is 1. The first-order chi connectivity index (χ1) is 12.3. The Kier molecular flexibility index (Phi) is 4.82. The molecular weight excluding hydrogens is 347 g/mol. The average molecular weight is 367 g/mol. The Bertz CT molecular complexity index is 736. The molecule has 0 heterocycles. The van der Waals surface area contributed by atoms with Crippen molar-refractivity contribution in [1.29, 1.82) is 0 Å². The van der Waals surface area contributed by atoms with E-state index in [1.807, 2.05) is 30.3 Å². The molecule has 0 aromatic heterocycles. The van der Waals surface area contributed by atoms with Crippen molar-refractivity contribution in [1.82, 2.24) is 5.32 Å². The predicted molar refractivity (Wildman–Crippen MR) is 88.1 cm³/mol. The number of hydrogen-bond acceptors (Lipinski definition) is 4. The van der Waals surface area contributed by atoms with E-state index in [9.17, 15) is 22.8 Å². The molecule has 1 atom stereocenters. The van der Waals surface area contributed by atoms with Gasteiger partial charge in [-0.3, -0.25) is 4.79 Å². The molecule has 0 amide bonds. The van der Waals surface area contributed by atoms with Crippen LogP contribution in [0.25, 0.3) is 0 Å². The minimum atomic E-state index is -4.91. The summed E-state index contributed by atoms with van der Waals surface area (Å²) >= 11 is 0. The molecule has 1 unspecified atom stereocenters. The molecule has 4 nitrogen and oxygen atoms in total. The number of hydrogen-bond donors (Lipinski definition) is 1. The van der Waals surface area contributed by atoms with Gasteiger partial charge in [0, 0.05) is 23.1 Å². The van der Waals surface area contributed by atoms with Crippen LogP contribution in [0.4, 0.5) is 13.2 Å². The molecule has 2 aliphatic carbocycles. The van der Waals surface area contributed by atoms with Crippen molar-refractivity contribution in [3.05, 3.63) is 47.2 Å². The lowest BCUT2D eigenvalue weighted by Crippen LogP contribution is -2.52. The van der Waals surface area contributed by atoms with Crippen molar-refractivity contribution in [3.63, 3.8) is 0 Å². The number of carbonyl (C=O) groups excluding carboxylic acids is 2. The van der Waals surface area contributed by atoms with Crippen LogP contribution in [0, 0.1) is 5.41 Å². The lowest BCUT2D eigenvalue weighted by atomic mass is 9.53. The normalized spacial score (nSPS) is 19.4. The van der Waals surface area contributed by atoms with Gasteiger partial charge in [0.1, 0.15) is 6.04 Å². The molecule has 1 N–H and O–H groups in total. The van der Waals surface area contributed by atoms with Gasteiger partial charge in [0.15, 0.2) is 0 Å². The van der Waals surface area contributed by atoms with Gasteiger partial charge < -0.3 is 10.1 Å². The Morgan fingerprint density at radius 3 is 2.38 bits per heavy atom. The van der Waals surface area contributed by atoms with Crippen molar-refractivity contribution in [3.8, 4) is 0 Å². The second-order valence-corrected chi connectivity index (χ2v) is 6.90. The van der Waals surface area contributed by atoms with Crippen LogP contribution in [0.2, 0.25) is 0 Å². The number of ketones is 1. The van der Waals surface area contributed by atoms with Gasteiger partial charge in [0.25, 0.3) is 5.78 Å². The molecular formula is C19H20F3NO3. The highest BCUT2D eigenvalue weighted by Gasteiger charge is 2.57. The number of nitrogens with one attached hydrogen (secondary N) is 1. The summed E-state index contributed by atoms with van der Waals surface area (Å²) in [7, 11) is 1.23. The summed E-state index contributed by atoms with van der Waals surface area (Å²) in [5.41, 5.74) is 0.205. The third kappa shape index (κ3) is 3.34. The zero-order valence-corrected chi connectivity index (χ0v) is 14.4. The first-order valence-electron chi connectivity index (χ1n) is 8.50. The summed E-state index contributed by atoms with van der Waals surface area (Å²) in [4.78, 5) is 24.0. The summed E-state index contributed by atoms with van der Waals surface area (Å²) < 4.78 is 43.8. The number of Topliss-reactive ketones (excluding diaryl/α,β-unsaturated/α-hetero) is 1. The topological polar surface area (TPSA) is 55.4 Å². The SMILES string of the molecule is COC(=O)C(Cc1ccccc1)NC1=C(C(=O)C(F)(F)F)C2(CCC2)C1. The van der Waals surface area contributed by atoms with Crippen molar-refractivity contribution < 1.29 is 27.5 Å². The van der Waals surface area contributed by atoms with Gasteiger partial charge in [-0.15, -0.1) is 0 Å². The van der Waals surface area contributed by atoms with Gasteiger partial charge >= 0.3 is 12.1 Å². The van der Waals surface area contributed by atoms with Crippen LogP contribution in [-0.4, -0.2) is 31.1 Å². The molecule has 26 heavy (non-hydrogen) atoms. The molecule has 1 fully saturated rings. The number of carbonyl (C=O) groups is 2. The summed E-state index contributed by atoms with van der Waals surface area (Å²) in [6, 6.07) is 8.26. The number of methoxy groups -OCH3 is 1. The fourth-order valence-electron chi connectivity index (χ4n) is 3.80. The smallest absolute Gasteiger partial charge is 0.454 e. The Morgan fingerprint density at radius 1 is 1.23 bits per heavy atom. The van der Waals surface area contributed by atoms with E-state index in [-0.39, 0.29) is 17.7 Å². The zero-order chi connectivity index (χ0) is 18.9. The van der Waals surface area contributed by atoms with E-state index < -0.39 is 29.4 Å². The molecule has 0 saturated heterocycles. The molecule has 1 aromatic rings. The summed E-state index contributed by atoms with van der Waals surface area (Å²) in [5.74, 6) is -2.37. The number of halogens is 3. The van der Waals surface area contributed by atoms with Crippen LogP contribution in [-0.2, 0) is 20.7 Å². The van der Waals surface area contributed by atoms with Crippen LogP contribution in [0.5, 0.6) is 0 Å². The van der Waals surface area contributed by atoms with Crippen LogP contribution in [0.3, 0.4) is 0 Å². The lowest BCUT2D eigenvalue weighted by Gasteiger charge is -2.52. The highest BCUT2D eigenvalue weighted by molar-refractivity contribution is 6.03. The van der Waals surface area contributed by atoms with Gasteiger partial charge in [0.2, 0.25) is 0 Å². The Labute approximate surface area is 149 Å². The Balaban J connectivity index is 1.85. The van der Waals surface area contributed by atoms with E-state index in [0.717, 1.165) is 12.0 Å². The number of ether oxygens (including phenoxy) is 1. The second-order valence-electron chi connectivity index (χ2n) is 6.90. The summed E-state index contributed by atoms with van der Waals surface area (Å²) in [5, 5.41) is 2.86. The van der Waals surface area contributed by atoms with Gasteiger partial charge in [-0.25, -0.2) is 4.79 Å². The van der Waals surface area contributed by atoms with Crippen LogP contribution < -0.4 is 5.32 Å². The Morgan fingerprint density at radius 2 is 1.88 bits per heavy atom. The molecule has 7 heteroatoms. The third-order valence-electron chi connectivity index (χ3n) is 5.26. The minimum absolute atomic E-state index is 0.196. The fourth-order valence-corrected chi connectivity index (χ4v) is 3.80. The zero-order valence-electron chi connectivity index (χ0n) is 14.4.